The highest BCUT2D eigenvalue weighted by atomic mass is 15.1. The minimum Gasteiger partial charge on any atom is -0.341 e. The summed E-state index contributed by atoms with van der Waals surface area (Å²) in [6.45, 7) is 11.7. The second kappa shape index (κ2) is 4.88. The lowest BCUT2D eigenvalue weighted by Gasteiger charge is -2.15. The van der Waals surface area contributed by atoms with Gasteiger partial charge in [0.25, 0.3) is 0 Å². The average Bonchev–Trinajstić information content (AvgIpc) is 2.68. The Labute approximate surface area is 103 Å². The van der Waals surface area contributed by atoms with E-state index in [-0.39, 0.29) is 0 Å². The molecule has 2 rings (SSSR count). The monoisotopic (exact) mass is 231 g/mol. The Morgan fingerprint density at radius 3 is 2.41 bits per heavy atom. The molecule has 17 heavy (non-hydrogen) atoms. The molecule has 0 radical (unpaired) electrons. The van der Waals surface area contributed by atoms with E-state index in [1.165, 1.54) is 11.1 Å². The van der Waals surface area contributed by atoms with Crippen LogP contribution < -0.4 is 0 Å². The Hall–Kier alpha value is -1.35. The van der Waals surface area contributed by atoms with Gasteiger partial charge in [0.15, 0.2) is 0 Å². The molecule has 0 atom stereocenters. The van der Waals surface area contributed by atoms with E-state index in [2.05, 4.69) is 54.7 Å². The molecule has 0 aliphatic heterocycles. The molecule has 0 aliphatic rings. The van der Waals surface area contributed by atoms with Crippen molar-refractivity contribution in [2.45, 2.75) is 34.2 Å². The van der Waals surface area contributed by atoms with Crippen molar-refractivity contribution < 1.29 is 0 Å². The molecular formula is C14H21N3. The molecule has 1 aromatic heterocycles. The topological polar surface area (TPSA) is 31.9 Å². The summed E-state index contributed by atoms with van der Waals surface area (Å²) in [5.41, 5.74) is 4.85. The predicted molar refractivity (Wildman–Crippen MR) is 72.2 cm³/mol. The van der Waals surface area contributed by atoms with E-state index in [9.17, 15) is 0 Å². The zero-order valence-corrected chi connectivity index (χ0v) is 11.2. The molecule has 2 aromatic rings. The van der Waals surface area contributed by atoms with E-state index in [1.807, 2.05) is 0 Å². The molecule has 0 amide bonds. The van der Waals surface area contributed by atoms with E-state index < -0.39 is 0 Å². The number of nitrogens with one attached hydrogen (secondary N) is 1. The van der Waals surface area contributed by atoms with Gasteiger partial charge >= 0.3 is 0 Å². The van der Waals surface area contributed by atoms with Crippen molar-refractivity contribution in [3.05, 3.63) is 29.1 Å². The lowest BCUT2D eigenvalue weighted by molar-refractivity contribution is 0.289. The van der Waals surface area contributed by atoms with Crippen LogP contribution in [0.3, 0.4) is 0 Å². The summed E-state index contributed by atoms with van der Waals surface area (Å²) in [5.74, 6) is 1.06. The summed E-state index contributed by atoms with van der Waals surface area (Å²) < 4.78 is 0. The van der Waals surface area contributed by atoms with E-state index in [0.29, 0.717) is 0 Å². The fraction of sp³-hybridized carbons (Fsp3) is 0.500. The molecule has 0 bridgehead atoms. The van der Waals surface area contributed by atoms with Gasteiger partial charge in [-0.05, 0) is 50.2 Å². The lowest BCUT2D eigenvalue weighted by Crippen LogP contribution is -2.22. The van der Waals surface area contributed by atoms with Gasteiger partial charge in [0.2, 0.25) is 0 Å². The third-order valence-corrected chi connectivity index (χ3v) is 3.41. The smallest absolute Gasteiger partial charge is 0.121 e. The third-order valence-electron chi connectivity index (χ3n) is 3.41. The van der Waals surface area contributed by atoms with Crippen LogP contribution in [-0.2, 0) is 6.54 Å². The highest BCUT2D eigenvalue weighted by molar-refractivity contribution is 5.77. The highest BCUT2D eigenvalue weighted by Crippen LogP contribution is 2.17. The van der Waals surface area contributed by atoms with E-state index in [0.717, 1.165) is 36.5 Å². The number of benzene rings is 1. The Morgan fingerprint density at radius 2 is 1.76 bits per heavy atom. The van der Waals surface area contributed by atoms with Crippen LogP contribution in [0.5, 0.6) is 0 Å². The quantitative estimate of drug-likeness (QED) is 0.877. The van der Waals surface area contributed by atoms with Crippen LogP contribution >= 0.6 is 0 Å². The molecule has 3 heteroatoms. The Balaban J connectivity index is 2.31. The number of hydrogen-bond acceptors (Lipinski definition) is 2. The predicted octanol–water partition coefficient (Wildman–Crippen LogP) is 3.02. The second-order valence-electron chi connectivity index (χ2n) is 4.60. The van der Waals surface area contributed by atoms with Crippen LogP contribution in [0.25, 0.3) is 11.0 Å². The molecule has 0 saturated carbocycles. The maximum Gasteiger partial charge on any atom is 0.121 e. The molecule has 0 fully saturated rings. The molecule has 1 heterocycles. The molecule has 92 valence electrons. The molecular weight excluding hydrogens is 210 g/mol. The van der Waals surface area contributed by atoms with Crippen molar-refractivity contribution in [2.24, 2.45) is 0 Å². The van der Waals surface area contributed by atoms with Gasteiger partial charge in [-0.15, -0.1) is 0 Å². The number of hydrogen-bond donors (Lipinski definition) is 1. The van der Waals surface area contributed by atoms with Crippen molar-refractivity contribution >= 4 is 11.0 Å². The number of aromatic nitrogens is 2. The summed E-state index contributed by atoms with van der Waals surface area (Å²) in [6.07, 6.45) is 0. The summed E-state index contributed by atoms with van der Waals surface area (Å²) in [7, 11) is 0. The molecule has 1 aromatic carbocycles. The van der Waals surface area contributed by atoms with Crippen molar-refractivity contribution in [3.8, 4) is 0 Å². The van der Waals surface area contributed by atoms with Gasteiger partial charge in [-0.25, -0.2) is 4.98 Å². The number of fused-ring (bicyclic) bond motifs is 1. The minimum atomic E-state index is 0.903. The maximum absolute atomic E-state index is 4.65. The van der Waals surface area contributed by atoms with E-state index >= 15 is 0 Å². The molecule has 0 saturated heterocycles. The number of aryl methyl sites for hydroxylation is 2. The average molecular weight is 231 g/mol. The first-order valence-corrected chi connectivity index (χ1v) is 6.32. The van der Waals surface area contributed by atoms with Crippen molar-refractivity contribution in [3.63, 3.8) is 0 Å². The number of nitrogens with zero attached hydrogens (tertiary/aromatic N) is 2. The Bertz CT molecular complexity index is 470. The Morgan fingerprint density at radius 1 is 1.12 bits per heavy atom. The van der Waals surface area contributed by atoms with E-state index in [4.69, 9.17) is 0 Å². The van der Waals surface area contributed by atoms with Gasteiger partial charge in [-0.1, -0.05) is 13.8 Å². The lowest BCUT2D eigenvalue weighted by atomic mass is 10.1. The normalized spacial score (nSPS) is 11.6. The van der Waals surface area contributed by atoms with Crippen LogP contribution in [-0.4, -0.2) is 28.0 Å². The largest absolute Gasteiger partial charge is 0.341 e. The van der Waals surface area contributed by atoms with Crippen LogP contribution in [0.15, 0.2) is 12.1 Å². The Kier molecular flexibility index (Phi) is 3.48. The van der Waals surface area contributed by atoms with Crippen LogP contribution in [0, 0.1) is 13.8 Å². The molecule has 1 N–H and O–H groups in total. The van der Waals surface area contributed by atoms with Gasteiger partial charge in [0.05, 0.1) is 17.6 Å². The fourth-order valence-corrected chi connectivity index (χ4v) is 2.06. The number of rotatable bonds is 4. The van der Waals surface area contributed by atoms with Crippen molar-refractivity contribution in [2.75, 3.05) is 13.1 Å². The first-order chi connectivity index (χ1) is 8.13. The SMILES string of the molecule is CCN(CC)Cc1nc2cc(C)c(C)cc2[nH]1. The van der Waals surface area contributed by atoms with Crippen molar-refractivity contribution in [1.29, 1.82) is 0 Å². The maximum atomic E-state index is 4.65. The van der Waals surface area contributed by atoms with Gasteiger partial charge in [-0.3, -0.25) is 4.90 Å². The number of aromatic amines is 1. The van der Waals surface area contributed by atoms with E-state index in [1.54, 1.807) is 0 Å². The van der Waals surface area contributed by atoms with Crippen LogP contribution in [0.4, 0.5) is 0 Å². The van der Waals surface area contributed by atoms with Gasteiger partial charge < -0.3 is 4.98 Å². The fourth-order valence-electron chi connectivity index (χ4n) is 2.06. The van der Waals surface area contributed by atoms with Crippen LogP contribution in [0.1, 0.15) is 30.8 Å². The van der Waals surface area contributed by atoms with Crippen LogP contribution in [0.2, 0.25) is 0 Å². The molecule has 0 aliphatic carbocycles. The number of H-pyrrole nitrogens is 1. The zero-order chi connectivity index (χ0) is 12.4. The standard InChI is InChI=1S/C14H21N3/c1-5-17(6-2)9-14-15-12-7-10(3)11(4)8-13(12)16-14/h7-8H,5-6,9H2,1-4H3,(H,15,16). The van der Waals surface area contributed by atoms with Gasteiger partial charge in [0, 0.05) is 0 Å². The summed E-state index contributed by atoms with van der Waals surface area (Å²) >= 11 is 0. The number of imidazole rings is 1. The molecule has 0 spiro atoms. The summed E-state index contributed by atoms with van der Waals surface area (Å²) in [4.78, 5) is 10.4. The molecule has 0 unspecified atom stereocenters. The summed E-state index contributed by atoms with van der Waals surface area (Å²) in [5, 5.41) is 0. The second-order valence-corrected chi connectivity index (χ2v) is 4.60. The minimum absolute atomic E-state index is 0.903. The highest BCUT2D eigenvalue weighted by Gasteiger charge is 2.07. The first kappa shape index (κ1) is 12.1. The third kappa shape index (κ3) is 2.50. The molecule has 3 nitrogen and oxygen atoms in total. The van der Waals surface area contributed by atoms with Crippen molar-refractivity contribution in [1.82, 2.24) is 14.9 Å². The summed E-state index contributed by atoms with van der Waals surface area (Å²) in [6, 6.07) is 4.34. The first-order valence-electron chi connectivity index (χ1n) is 6.32. The van der Waals surface area contributed by atoms with Gasteiger partial charge in [0.1, 0.15) is 5.82 Å². The van der Waals surface area contributed by atoms with Gasteiger partial charge in [-0.2, -0.15) is 0 Å². The zero-order valence-electron chi connectivity index (χ0n) is 11.2.